The number of azo groups is 1. The molecule has 0 saturated heterocycles. The van der Waals surface area contributed by atoms with Crippen LogP contribution in [0.15, 0.2) is 57.9 Å². The highest BCUT2D eigenvalue weighted by atomic mass is 16.3. The predicted octanol–water partition coefficient (Wildman–Crippen LogP) is 5.12. The number of hydrogen-bond donors (Lipinski definition) is 0. The van der Waals surface area contributed by atoms with Gasteiger partial charge in [-0.05, 0) is 54.4 Å². The Bertz CT molecular complexity index is 606. The Morgan fingerprint density at radius 1 is 0.833 bits per heavy atom. The molecule has 0 radical (unpaired) electrons. The molecule has 0 unspecified atom stereocenters. The number of nitrogens with zero attached hydrogens (tertiary/aromatic N) is 3. The van der Waals surface area contributed by atoms with Crippen LogP contribution in [-0.4, -0.2) is 0 Å². The van der Waals surface area contributed by atoms with Crippen LogP contribution in [0.4, 0.5) is 17.1 Å². The zero-order valence-electron chi connectivity index (χ0n) is 10.3. The smallest absolute Gasteiger partial charge is 0.111 e. The SMILES string of the molecule is Cc1cc(N=Nc2ccccc2C)ccc1N=O. The minimum absolute atomic E-state index is 0.435. The van der Waals surface area contributed by atoms with Crippen molar-refractivity contribution in [1.29, 1.82) is 0 Å². The average molecular weight is 239 g/mol. The fourth-order valence-corrected chi connectivity index (χ4v) is 1.59. The van der Waals surface area contributed by atoms with Crippen LogP contribution in [0, 0.1) is 18.8 Å². The molecule has 2 aromatic carbocycles. The van der Waals surface area contributed by atoms with Gasteiger partial charge in [-0.25, -0.2) is 0 Å². The zero-order valence-corrected chi connectivity index (χ0v) is 10.3. The molecule has 0 fully saturated rings. The molecule has 2 rings (SSSR count). The number of benzene rings is 2. The molecule has 0 aliphatic heterocycles. The Kier molecular flexibility index (Phi) is 3.57. The summed E-state index contributed by atoms with van der Waals surface area (Å²) in [6.07, 6.45) is 0. The van der Waals surface area contributed by atoms with E-state index in [9.17, 15) is 4.91 Å². The van der Waals surface area contributed by atoms with Gasteiger partial charge in [0.15, 0.2) is 0 Å². The average Bonchev–Trinajstić information content (AvgIpc) is 2.38. The highest BCUT2D eigenvalue weighted by Crippen LogP contribution is 2.26. The summed E-state index contributed by atoms with van der Waals surface area (Å²) in [5.74, 6) is 0. The van der Waals surface area contributed by atoms with Crippen LogP contribution >= 0.6 is 0 Å². The Morgan fingerprint density at radius 2 is 1.61 bits per heavy atom. The van der Waals surface area contributed by atoms with Crippen LogP contribution in [0.3, 0.4) is 0 Å². The predicted molar refractivity (Wildman–Crippen MR) is 72.0 cm³/mol. The summed E-state index contributed by atoms with van der Waals surface area (Å²) in [6, 6.07) is 12.9. The maximum atomic E-state index is 10.5. The summed E-state index contributed by atoms with van der Waals surface area (Å²) < 4.78 is 0. The van der Waals surface area contributed by atoms with Gasteiger partial charge in [-0.3, -0.25) is 0 Å². The molecule has 4 nitrogen and oxygen atoms in total. The summed E-state index contributed by atoms with van der Waals surface area (Å²) in [4.78, 5) is 10.5. The van der Waals surface area contributed by atoms with Gasteiger partial charge in [-0.2, -0.15) is 10.2 Å². The molecule has 90 valence electrons. The quantitative estimate of drug-likeness (QED) is 0.542. The Morgan fingerprint density at radius 3 is 2.28 bits per heavy atom. The van der Waals surface area contributed by atoms with Crippen LogP contribution < -0.4 is 0 Å². The van der Waals surface area contributed by atoms with E-state index in [1.807, 2.05) is 38.1 Å². The summed E-state index contributed by atoms with van der Waals surface area (Å²) in [6.45, 7) is 3.81. The minimum Gasteiger partial charge on any atom is -0.151 e. The van der Waals surface area contributed by atoms with Gasteiger partial charge in [0.25, 0.3) is 0 Å². The second kappa shape index (κ2) is 5.31. The Labute approximate surface area is 105 Å². The van der Waals surface area contributed by atoms with E-state index in [4.69, 9.17) is 0 Å². The summed E-state index contributed by atoms with van der Waals surface area (Å²) in [5.41, 5.74) is 3.86. The van der Waals surface area contributed by atoms with Crippen LogP contribution in [0.5, 0.6) is 0 Å². The number of hydrogen-bond acceptors (Lipinski definition) is 4. The van der Waals surface area contributed by atoms with Crippen molar-refractivity contribution in [3.63, 3.8) is 0 Å². The van der Waals surface area contributed by atoms with Crippen molar-refractivity contribution < 1.29 is 0 Å². The summed E-state index contributed by atoms with van der Waals surface area (Å²) >= 11 is 0. The third-order valence-corrected chi connectivity index (χ3v) is 2.67. The topological polar surface area (TPSA) is 54.1 Å². The number of rotatable bonds is 3. The van der Waals surface area contributed by atoms with E-state index in [-0.39, 0.29) is 0 Å². The Balaban J connectivity index is 2.27. The van der Waals surface area contributed by atoms with Crippen molar-refractivity contribution in [3.05, 3.63) is 58.5 Å². The third-order valence-electron chi connectivity index (χ3n) is 2.67. The lowest BCUT2D eigenvalue weighted by Crippen LogP contribution is -1.74. The molecular weight excluding hydrogens is 226 g/mol. The fraction of sp³-hybridized carbons (Fsp3) is 0.143. The first-order valence-electron chi connectivity index (χ1n) is 5.62. The van der Waals surface area contributed by atoms with E-state index in [0.29, 0.717) is 11.4 Å². The first-order valence-corrected chi connectivity index (χ1v) is 5.62. The van der Waals surface area contributed by atoms with E-state index in [0.717, 1.165) is 16.8 Å². The molecule has 2 aromatic rings. The molecule has 0 aromatic heterocycles. The van der Waals surface area contributed by atoms with Gasteiger partial charge < -0.3 is 0 Å². The summed E-state index contributed by atoms with van der Waals surface area (Å²) in [7, 11) is 0. The van der Waals surface area contributed by atoms with Crippen LogP contribution in [0.25, 0.3) is 0 Å². The van der Waals surface area contributed by atoms with E-state index in [1.54, 1.807) is 18.2 Å². The molecule has 0 aliphatic rings. The van der Waals surface area contributed by atoms with E-state index in [1.165, 1.54) is 0 Å². The van der Waals surface area contributed by atoms with Gasteiger partial charge in [0.2, 0.25) is 0 Å². The van der Waals surface area contributed by atoms with Gasteiger partial charge in [0.1, 0.15) is 5.69 Å². The van der Waals surface area contributed by atoms with Crippen molar-refractivity contribution in [2.24, 2.45) is 15.4 Å². The molecule has 0 amide bonds. The van der Waals surface area contributed by atoms with Crippen molar-refractivity contribution in [2.75, 3.05) is 0 Å². The van der Waals surface area contributed by atoms with Crippen molar-refractivity contribution >= 4 is 17.1 Å². The van der Waals surface area contributed by atoms with Gasteiger partial charge in [0.05, 0.1) is 11.4 Å². The molecule has 0 saturated carbocycles. The molecule has 0 aliphatic carbocycles. The second-order valence-electron chi connectivity index (χ2n) is 4.05. The fourth-order valence-electron chi connectivity index (χ4n) is 1.59. The van der Waals surface area contributed by atoms with E-state index < -0.39 is 0 Å². The molecule has 0 heterocycles. The molecule has 4 heteroatoms. The lowest BCUT2D eigenvalue weighted by Gasteiger charge is -1.99. The van der Waals surface area contributed by atoms with Crippen LogP contribution in [0.2, 0.25) is 0 Å². The minimum atomic E-state index is 0.435. The van der Waals surface area contributed by atoms with Crippen molar-refractivity contribution in [3.8, 4) is 0 Å². The standard InChI is InChI=1S/C14H13N3O/c1-10-5-3-4-6-13(10)16-15-12-7-8-14(17-18)11(2)9-12/h3-9H,1-2H3. The Hall–Kier alpha value is -2.36. The van der Waals surface area contributed by atoms with Gasteiger partial charge >= 0.3 is 0 Å². The lowest BCUT2D eigenvalue weighted by molar-refractivity contribution is 1.20. The molecule has 0 spiro atoms. The highest BCUT2D eigenvalue weighted by molar-refractivity contribution is 5.54. The maximum absolute atomic E-state index is 10.5. The molecule has 0 N–H and O–H groups in total. The van der Waals surface area contributed by atoms with Gasteiger partial charge in [-0.1, -0.05) is 18.2 Å². The number of nitroso groups, excluding NO2 is 1. The number of aryl methyl sites for hydroxylation is 2. The van der Waals surface area contributed by atoms with Crippen LogP contribution in [0.1, 0.15) is 11.1 Å². The van der Waals surface area contributed by atoms with Crippen molar-refractivity contribution in [1.82, 2.24) is 0 Å². The second-order valence-corrected chi connectivity index (χ2v) is 4.05. The zero-order chi connectivity index (χ0) is 13.0. The largest absolute Gasteiger partial charge is 0.151 e. The molecule has 0 bridgehead atoms. The van der Waals surface area contributed by atoms with E-state index in [2.05, 4.69) is 15.4 Å². The normalized spacial score (nSPS) is 10.8. The molecular formula is C14H13N3O. The first-order chi connectivity index (χ1) is 8.70. The van der Waals surface area contributed by atoms with Crippen molar-refractivity contribution in [2.45, 2.75) is 13.8 Å². The molecule has 18 heavy (non-hydrogen) atoms. The molecule has 0 atom stereocenters. The maximum Gasteiger partial charge on any atom is 0.111 e. The lowest BCUT2D eigenvalue weighted by atomic mass is 10.2. The third kappa shape index (κ3) is 2.66. The van der Waals surface area contributed by atoms with Crippen LogP contribution in [-0.2, 0) is 0 Å². The van der Waals surface area contributed by atoms with Gasteiger partial charge in [-0.15, -0.1) is 4.91 Å². The highest BCUT2D eigenvalue weighted by Gasteiger charge is 1.99. The monoisotopic (exact) mass is 239 g/mol. The first kappa shape index (κ1) is 12.1. The van der Waals surface area contributed by atoms with Gasteiger partial charge in [0, 0.05) is 0 Å². The van der Waals surface area contributed by atoms with E-state index >= 15 is 0 Å². The summed E-state index contributed by atoms with van der Waals surface area (Å²) in [5, 5.41) is 11.3.